The first kappa shape index (κ1) is 20.5. The van der Waals surface area contributed by atoms with Gasteiger partial charge in [0.05, 0.1) is 18.7 Å². The average molecular weight is 395 g/mol. The Bertz CT molecular complexity index is 816. The van der Waals surface area contributed by atoms with Crippen molar-refractivity contribution in [1.82, 2.24) is 10.7 Å². The molecule has 2 N–H and O–H groups in total. The quantitative estimate of drug-likeness (QED) is 0.502. The maximum atomic E-state index is 11.9. The lowest BCUT2D eigenvalue weighted by atomic mass is 10.1. The molecule has 0 aromatic heterocycles. The number of benzene rings is 2. The second-order valence-electron chi connectivity index (χ2n) is 6.75. The lowest BCUT2D eigenvalue weighted by Gasteiger charge is -2.11. The number of ether oxygens (including phenoxy) is 2. The van der Waals surface area contributed by atoms with E-state index >= 15 is 0 Å². The van der Waals surface area contributed by atoms with Crippen LogP contribution in [0.1, 0.15) is 24.0 Å². The number of hydrogen-bond donors (Lipinski definition) is 2. The molecule has 2 aromatic carbocycles. The number of nitrogens with one attached hydrogen (secondary N) is 2. The number of hydrazone groups is 1. The maximum absolute atomic E-state index is 11.9. The number of rotatable bonds is 9. The van der Waals surface area contributed by atoms with Crippen LogP contribution < -0.4 is 15.5 Å². The predicted octanol–water partition coefficient (Wildman–Crippen LogP) is 2.05. The van der Waals surface area contributed by atoms with Gasteiger partial charge in [0, 0.05) is 13.2 Å². The van der Waals surface area contributed by atoms with Crippen molar-refractivity contribution < 1.29 is 19.1 Å². The van der Waals surface area contributed by atoms with E-state index in [9.17, 15) is 9.59 Å². The molecule has 0 aliphatic carbocycles. The molecule has 1 saturated heterocycles. The summed E-state index contributed by atoms with van der Waals surface area (Å²) in [6, 6.07) is 16.6. The van der Waals surface area contributed by atoms with Crippen LogP contribution >= 0.6 is 0 Å². The molecule has 1 atom stereocenters. The minimum atomic E-state index is -0.179. The lowest BCUT2D eigenvalue weighted by molar-refractivity contribution is -0.123. The Kier molecular flexibility index (Phi) is 7.77. The summed E-state index contributed by atoms with van der Waals surface area (Å²) in [5.74, 6) is 0.233. The molecule has 2 amide bonds. The van der Waals surface area contributed by atoms with Gasteiger partial charge in [0.1, 0.15) is 5.75 Å². The molecule has 3 rings (SSSR count). The zero-order valence-corrected chi connectivity index (χ0v) is 16.2. The molecule has 0 saturated carbocycles. The average Bonchev–Trinajstić information content (AvgIpc) is 3.26. The molecule has 1 heterocycles. The first-order valence-corrected chi connectivity index (χ1v) is 9.66. The molecular formula is C22H25N3O4. The summed E-state index contributed by atoms with van der Waals surface area (Å²) >= 11 is 0. The Hall–Kier alpha value is -3.19. The molecule has 1 aliphatic heterocycles. The Morgan fingerprint density at radius 2 is 1.90 bits per heavy atom. The monoisotopic (exact) mass is 395 g/mol. The molecule has 152 valence electrons. The minimum Gasteiger partial charge on any atom is -0.484 e. The van der Waals surface area contributed by atoms with E-state index in [2.05, 4.69) is 15.8 Å². The molecule has 29 heavy (non-hydrogen) atoms. The van der Waals surface area contributed by atoms with E-state index in [1.165, 1.54) is 0 Å². The first-order valence-electron chi connectivity index (χ1n) is 9.66. The van der Waals surface area contributed by atoms with E-state index in [-0.39, 0.29) is 30.9 Å². The van der Waals surface area contributed by atoms with Gasteiger partial charge in [-0.3, -0.25) is 9.59 Å². The van der Waals surface area contributed by atoms with Crippen LogP contribution in [-0.2, 0) is 20.7 Å². The van der Waals surface area contributed by atoms with Crippen molar-refractivity contribution in [2.24, 2.45) is 5.10 Å². The fourth-order valence-electron chi connectivity index (χ4n) is 2.88. The van der Waals surface area contributed by atoms with E-state index < -0.39 is 0 Å². The largest absolute Gasteiger partial charge is 0.484 e. The van der Waals surface area contributed by atoms with Gasteiger partial charge in [-0.1, -0.05) is 30.3 Å². The van der Waals surface area contributed by atoms with Crippen molar-refractivity contribution in [2.75, 3.05) is 19.8 Å². The third-order valence-corrected chi connectivity index (χ3v) is 4.41. The van der Waals surface area contributed by atoms with Crippen molar-refractivity contribution >= 4 is 18.0 Å². The number of hydrogen-bond acceptors (Lipinski definition) is 5. The van der Waals surface area contributed by atoms with Crippen LogP contribution in [0.2, 0.25) is 0 Å². The van der Waals surface area contributed by atoms with Crippen molar-refractivity contribution in [2.45, 2.75) is 25.4 Å². The molecule has 7 heteroatoms. The van der Waals surface area contributed by atoms with E-state index in [1.54, 1.807) is 30.5 Å². The molecule has 2 aromatic rings. The van der Waals surface area contributed by atoms with Gasteiger partial charge in [-0.15, -0.1) is 0 Å². The fraction of sp³-hybridized carbons (Fsp3) is 0.318. The Morgan fingerprint density at radius 1 is 1.10 bits per heavy atom. The van der Waals surface area contributed by atoms with Crippen LogP contribution in [0, 0.1) is 0 Å². The summed E-state index contributed by atoms with van der Waals surface area (Å²) in [5, 5.41) is 6.77. The molecular weight excluding hydrogens is 370 g/mol. The topological polar surface area (TPSA) is 89.0 Å². The van der Waals surface area contributed by atoms with E-state index in [4.69, 9.17) is 9.47 Å². The summed E-state index contributed by atoms with van der Waals surface area (Å²) in [4.78, 5) is 23.7. The lowest BCUT2D eigenvalue weighted by Crippen LogP contribution is -2.35. The Morgan fingerprint density at radius 3 is 2.62 bits per heavy atom. The number of amides is 2. The Balaban J connectivity index is 1.36. The highest BCUT2D eigenvalue weighted by atomic mass is 16.5. The highest BCUT2D eigenvalue weighted by molar-refractivity contribution is 5.83. The molecule has 7 nitrogen and oxygen atoms in total. The van der Waals surface area contributed by atoms with Crippen molar-refractivity contribution in [3.05, 3.63) is 65.7 Å². The number of nitrogens with zero attached hydrogens (tertiary/aromatic N) is 1. The highest BCUT2D eigenvalue weighted by Gasteiger charge is 2.16. The third-order valence-electron chi connectivity index (χ3n) is 4.41. The van der Waals surface area contributed by atoms with Crippen molar-refractivity contribution in [1.29, 1.82) is 0 Å². The summed E-state index contributed by atoms with van der Waals surface area (Å²) in [6.07, 6.45) is 3.98. The van der Waals surface area contributed by atoms with Gasteiger partial charge in [0.15, 0.2) is 6.61 Å². The van der Waals surface area contributed by atoms with E-state index in [0.29, 0.717) is 12.3 Å². The van der Waals surface area contributed by atoms with Gasteiger partial charge in [-0.25, -0.2) is 5.43 Å². The molecule has 1 fully saturated rings. The van der Waals surface area contributed by atoms with Gasteiger partial charge < -0.3 is 14.8 Å². The maximum Gasteiger partial charge on any atom is 0.258 e. The smallest absolute Gasteiger partial charge is 0.258 e. The van der Waals surface area contributed by atoms with Crippen LogP contribution in [0.3, 0.4) is 0 Å². The standard InChI is InChI=1S/C22H25N3O4/c26-21(13-17-5-2-1-3-6-17)25-24-14-18-8-10-19(11-9-18)29-16-22(27)23-15-20-7-4-12-28-20/h1-3,5-6,8-11,14,20H,4,7,12-13,15-16H2,(H,23,27)(H,25,26)/b24-14+/t20-/m0/s1. The highest BCUT2D eigenvalue weighted by Crippen LogP contribution is 2.12. The van der Waals surface area contributed by atoms with Crippen molar-refractivity contribution in [3.8, 4) is 5.75 Å². The predicted molar refractivity (Wildman–Crippen MR) is 110 cm³/mol. The summed E-state index contributed by atoms with van der Waals surface area (Å²) in [6.45, 7) is 1.24. The number of carbonyl (C=O) groups is 2. The second-order valence-corrected chi connectivity index (χ2v) is 6.75. The minimum absolute atomic E-state index is 0.0459. The van der Waals surface area contributed by atoms with Gasteiger partial charge in [-0.05, 0) is 48.2 Å². The van der Waals surface area contributed by atoms with Crippen LogP contribution in [0.15, 0.2) is 59.7 Å². The van der Waals surface area contributed by atoms with E-state index in [0.717, 1.165) is 30.6 Å². The zero-order valence-electron chi connectivity index (χ0n) is 16.2. The van der Waals surface area contributed by atoms with Crippen LogP contribution in [0.25, 0.3) is 0 Å². The first-order chi connectivity index (χ1) is 14.2. The SMILES string of the molecule is O=C(COc1ccc(/C=N/NC(=O)Cc2ccccc2)cc1)NC[C@@H]1CCCO1. The van der Waals surface area contributed by atoms with Gasteiger partial charge in [0.25, 0.3) is 5.91 Å². The van der Waals surface area contributed by atoms with E-state index in [1.807, 2.05) is 30.3 Å². The van der Waals surface area contributed by atoms with Crippen LogP contribution in [0.5, 0.6) is 5.75 Å². The molecule has 0 spiro atoms. The summed E-state index contributed by atoms with van der Waals surface area (Å²) in [7, 11) is 0. The molecule has 0 bridgehead atoms. The van der Waals surface area contributed by atoms with Gasteiger partial charge in [-0.2, -0.15) is 5.10 Å². The number of carbonyl (C=O) groups excluding carboxylic acids is 2. The summed E-state index contributed by atoms with van der Waals surface area (Å²) in [5.41, 5.74) is 4.25. The Labute approximate surface area is 170 Å². The molecule has 1 aliphatic rings. The molecule has 0 unspecified atom stereocenters. The molecule has 0 radical (unpaired) electrons. The van der Waals surface area contributed by atoms with Gasteiger partial charge in [0.2, 0.25) is 5.91 Å². The fourth-order valence-corrected chi connectivity index (χ4v) is 2.88. The second kappa shape index (κ2) is 11.0. The van der Waals surface area contributed by atoms with Gasteiger partial charge >= 0.3 is 0 Å². The normalized spacial score (nSPS) is 15.9. The van der Waals surface area contributed by atoms with Crippen LogP contribution in [-0.4, -0.2) is 43.9 Å². The summed E-state index contributed by atoms with van der Waals surface area (Å²) < 4.78 is 10.9. The van der Waals surface area contributed by atoms with Crippen LogP contribution in [0.4, 0.5) is 0 Å². The van der Waals surface area contributed by atoms with Crippen molar-refractivity contribution in [3.63, 3.8) is 0 Å². The zero-order chi connectivity index (χ0) is 20.3. The third kappa shape index (κ3) is 7.38.